The minimum absolute atomic E-state index is 0.00193. The number of benzene rings is 1. The molecule has 3 N–H and O–H groups in total. The minimum atomic E-state index is -3.88. The molecule has 2 heterocycles. The van der Waals surface area contributed by atoms with Crippen molar-refractivity contribution in [3.63, 3.8) is 0 Å². The summed E-state index contributed by atoms with van der Waals surface area (Å²) in [5, 5.41) is 0.00193. The van der Waals surface area contributed by atoms with Crippen molar-refractivity contribution >= 4 is 39.0 Å². The van der Waals surface area contributed by atoms with Gasteiger partial charge in [0.2, 0.25) is 10.0 Å². The summed E-state index contributed by atoms with van der Waals surface area (Å²) in [6.45, 7) is 3.14. The first-order chi connectivity index (χ1) is 15.6. The van der Waals surface area contributed by atoms with Gasteiger partial charge in [-0.3, -0.25) is 19.1 Å². The van der Waals surface area contributed by atoms with Crippen molar-refractivity contribution in [1.82, 2.24) is 13.9 Å². The van der Waals surface area contributed by atoms with Gasteiger partial charge >= 0.3 is 5.69 Å². The summed E-state index contributed by atoms with van der Waals surface area (Å²) in [7, 11) is -2.58. The van der Waals surface area contributed by atoms with Crippen LogP contribution in [0, 0.1) is 0 Å². The second kappa shape index (κ2) is 10.1. The van der Waals surface area contributed by atoms with Crippen LogP contribution >= 0.6 is 11.6 Å². The fourth-order valence-electron chi connectivity index (χ4n) is 3.49. The number of halogens is 1. The van der Waals surface area contributed by atoms with Crippen LogP contribution in [0.4, 0.5) is 11.5 Å². The predicted molar refractivity (Wildman–Crippen MR) is 124 cm³/mol. The van der Waals surface area contributed by atoms with Gasteiger partial charge in [0.05, 0.1) is 28.7 Å². The number of aromatic nitrogens is 2. The smallest absolute Gasteiger partial charge is 0.330 e. The number of rotatable bonds is 7. The number of aromatic amines is 1. The van der Waals surface area contributed by atoms with Gasteiger partial charge in [-0.15, -0.1) is 0 Å². The second-order valence-electron chi connectivity index (χ2n) is 7.52. The monoisotopic (exact) mass is 499 g/mol. The highest BCUT2D eigenvalue weighted by Gasteiger charge is 2.29. The van der Waals surface area contributed by atoms with Crippen molar-refractivity contribution in [3.8, 4) is 0 Å². The lowest BCUT2D eigenvalue weighted by Gasteiger charge is -2.26. The van der Waals surface area contributed by atoms with Crippen LogP contribution in [-0.4, -0.2) is 61.5 Å². The van der Waals surface area contributed by atoms with Crippen LogP contribution in [0.25, 0.3) is 0 Å². The zero-order chi connectivity index (χ0) is 24.3. The highest BCUT2D eigenvalue weighted by Crippen LogP contribution is 2.26. The zero-order valence-electron chi connectivity index (χ0n) is 18.3. The Balaban J connectivity index is 2.02. The predicted octanol–water partition coefficient (Wildman–Crippen LogP) is 0.870. The van der Waals surface area contributed by atoms with Gasteiger partial charge in [0, 0.05) is 26.7 Å². The first-order valence-corrected chi connectivity index (χ1v) is 12.2. The summed E-state index contributed by atoms with van der Waals surface area (Å²) in [6, 6.07) is 3.80. The van der Waals surface area contributed by atoms with Crippen LogP contribution < -0.4 is 21.9 Å². The molecule has 0 unspecified atom stereocenters. The third kappa shape index (κ3) is 4.98. The quantitative estimate of drug-likeness (QED) is 0.574. The molecule has 11 nitrogen and oxygen atoms in total. The van der Waals surface area contributed by atoms with Crippen molar-refractivity contribution in [2.45, 2.75) is 31.2 Å². The topological polar surface area (TPSA) is 148 Å². The Hall–Kier alpha value is -2.67. The highest BCUT2D eigenvalue weighted by molar-refractivity contribution is 7.89. The Morgan fingerprint density at radius 1 is 1.27 bits per heavy atom. The van der Waals surface area contributed by atoms with Crippen LogP contribution in [-0.2, 0) is 21.3 Å². The molecular weight excluding hydrogens is 474 g/mol. The number of carbonyl (C=O) groups excluding carboxylic acids is 1. The fourth-order valence-corrected chi connectivity index (χ4v) is 5.12. The maximum absolute atomic E-state index is 13.3. The molecular formula is C20H26ClN5O6S. The Bertz CT molecular complexity index is 1270. The normalized spacial score (nSPS) is 14.9. The summed E-state index contributed by atoms with van der Waals surface area (Å²) < 4.78 is 33.6. The number of hydrogen-bond acceptors (Lipinski definition) is 7. The molecule has 2 aromatic rings. The van der Waals surface area contributed by atoms with E-state index >= 15 is 0 Å². The van der Waals surface area contributed by atoms with Crippen molar-refractivity contribution in [2.24, 2.45) is 0 Å². The number of unbranched alkanes of at least 4 members (excludes halogenated alkanes) is 1. The van der Waals surface area contributed by atoms with E-state index in [1.165, 1.54) is 34.1 Å². The molecule has 0 saturated carbocycles. The van der Waals surface area contributed by atoms with E-state index in [0.717, 1.165) is 11.3 Å². The molecule has 1 aromatic carbocycles. The number of morpholine rings is 1. The molecule has 0 atom stereocenters. The third-order valence-corrected chi connectivity index (χ3v) is 7.59. The number of hydrogen-bond donors (Lipinski definition) is 2. The van der Waals surface area contributed by atoms with E-state index in [2.05, 4.69) is 4.98 Å². The molecule has 1 aliphatic heterocycles. The Morgan fingerprint density at radius 2 is 1.94 bits per heavy atom. The number of ether oxygens (including phenoxy) is 1. The molecule has 33 heavy (non-hydrogen) atoms. The van der Waals surface area contributed by atoms with E-state index < -0.39 is 27.2 Å². The molecule has 0 bridgehead atoms. The Morgan fingerprint density at radius 3 is 2.58 bits per heavy atom. The fraction of sp³-hybridized carbons (Fsp3) is 0.450. The molecule has 1 aliphatic rings. The Kier molecular flexibility index (Phi) is 7.62. The molecule has 3 rings (SSSR count). The molecule has 180 valence electrons. The van der Waals surface area contributed by atoms with Gasteiger partial charge in [0.25, 0.3) is 11.5 Å². The van der Waals surface area contributed by atoms with Gasteiger partial charge in [-0.05, 0) is 24.6 Å². The maximum atomic E-state index is 13.3. The van der Waals surface area contributed by atoms with Crippen LogP contribution in [0.5, 0.6) is 0 Å². The van der Waals surface area contributed by atoms with Crippen LogP contribution in [0.3, 0.4) is 0 Å². The molecule has 0 radical (unpaired) electrons. The molecule has 0 spiro atoms. The number of nitrogens with one attached hydrogen (secondary N) is 1. The van der Waals surface area contributed by atoms with Gasteiger partial charge in [0.15, 0.2) is 5.69 Å². The van der Waals surface area contributed by atoms with Crippen molar-refractivity contribution in [1.29, 1.82) is 0 Å². The first-order valence-electron chi connectivity index (χ1n) is 10.4. The highest BCUT2D eigenvalue weighted by atomic mass is 35.5. The maximum Gasteiger partial charge on any atom is 0.330 e. The van der Waals surface area contributed by atoms with Gasteiger partial charge in [-0.2, -0.15) is 4.31 Å². The third-order valence-electron chi connectivity index (χ3n) is 5.37. The van der Waals surface area contributed by atoms with Crippen LogP contribution in [0.2, 0.25) is 5.02 Å². The number of nitrogens with zero attached hydrogens (tertiary/aromatic N) is 3. The van der Waals surface area contributed by atoms with E-state index in [1.54, 1.807) is 0 Å². The summed E-state index contributed by atoms with van der Waals surface area (Å²) in [5.74, 6) is -0.918. The standard InChI is InChI=1S/C20H26ClN5O6S/c1-3-4-7-26-17(22)16(18(27)23-20(26)29)24(2)19(28)14-12-13(5-6-15(14)21)33(30,31)25-8-10-32-11-9-25/h5-6,12H,3-4,7-11,22H2,1-2H3,(H,23,27,29). The van der Waals surface area contributed by atoms with Crippen LogP contribution in [0.15, 0.2) is 32.7 Å². The van der Waals surface area contributed by atoms with Gasteiger partial charge in [-0.25, -0.2) is 13.2 Å². The first kappa shape index (κ1) is 25.0. The summed E-state index contributed by atoms with van der Waals surface area (Å²) in [5.41, 5.74) is 4.21. The molecule has 0 aliphatic carbocycles. The zero-order valence-corrected chi connectivity index (χ0v) is 19.9. The van der Waals surface area contributed by atoms with E-state index in [0.29, 0.717) is 6.42 Å². The number of amides is 1. The lowest BCUT2D eigenvalue weighted by atomic mass is 10.2. The van der Waals surface area contributed by atoms with E-state index in [-0.39, 0.29) is 59.8 Å². The second-order valence-corrected chi connectivity index (χ2v) is 9.87. The SMILES string of the molecule is CCCCn1c(N)c(N(C)C(=O)c2cc(S(=O)(=O)N3CCOCC3)ccc2Cl)c(=O)[nH]c1=O. The van der Waals surface area contributed by atoms with E-state index in [1.807, 2.05) is 6.92 Å². The van der Waals surface area contributed by atoms with Crippen molar-refractivity contribution in [3.05, 3.63) is 49.6 Å². The molecule has 13 heteroatoms. The molecule has 1 amide bonds. The van der Waals surface area contributed by atoms with Gasteiger partial charge < -0.3 is 15.4 Å². The lowest BCUT2D eigenvalue weighted by Crippen LogP contribution is -2.41. The molecule has 1 saturated heterocycles. The van der Waals surface area contributed by atoms with Gasteiger partial charge in [-0.1, -0.05) is 24.9 Å². The molecule has 1 fully saturated rings. The largest absolute Gasteiger partial charge is 0.383 e. The van der Waals surface area contributed by atoms with Crippen molar-refractivity contribution < 1.29 is 17.9 Å². The summed E-state index contributed by atoms with van der Waals surface area (Å²) in [4.78, 5) is 40.9. The van der Waals surface area contributed by atoms with Crippen molar-refractivity contribution in [2.75, 3.05) is 44.0 Å². The average Bonchev–Trinajstić information content (AvgIpc) is 2.79. The van der Waals surface area contributed by atoms with E-state index in [9.17, 15) is 22.8 Å². The molecule has 1 aromatic heterocycles. The van der Waals surface area contributed by atoms with Crippen LogP contribution in [0.1, 0.15) is 30.1 Å². The number of nitrogens with two attached hydrogens (primary N) is 1. The summed E-state index contributed by atoms with van der Waals surface area (Å²) >= 11 is 6.21. The Labute approximate surface area is 195 Å². The number of H-pyrrole nitrogens is 1. The number of carbonyl (C=O) groups is 1. The van der Waals surface area contributed by atoms with E-state index in [4.69, 9.17) is 22.1 Å². The lowest BCUT2D eigenvalue weighted by molar-refractivity contribution is 0.0730. The summed E-state index contributed by atoms with van der Waals surface area (Å²) in [6.07, 6.45) is 1.43. The minimum Gasteiger partial charge on any atom is -0.383 e. The average molecular weight is 500 g/mol. The number of nitrogen functional groups attached to an aromatic ring is 1. The number of anilines is 2. The number of sulfonamides is 1. The van der Waals surface area contributed by atoms with Gasteiger partial charge in [0.1, 0.15) is 5.82 Å².